The first-order valence-corrected chi connectivity index (χ1v) is 7.03. The van der Waals surface area contributed by atoms with Crippen LogP contribution in [0.5, 0.6) is 0 Å². The molecule has 4 heteroatoms. The highest BCUT2D eigenvalue weighted by Gasteiger charge is 2.29. The van der Waals surface area contributed by atoms with Crippen LogP contribution in [-0.2, 0) is 11.3 Å². The molecule has 2 aromatic carbocycles. The Morgan fingerprint density at radius 2 is 1.81 bits per heavy atom. The van der Waals surface area contributed by atoms with E-state index >= 15 is 0 Å². The predicted molar refractivity (Wildman–Crippen MR) is 77.0 cm³/mol. The minimum absolute atomic E-state index is 0.152. The zero-order chi connectivity index (χ0) is 14.7. The predicted octanol–water partition coefficient (Wildman–Crippen LogP) is 3.24. The Hall–Kier alpha value is -1.78. The average Bonchev–Trinajstić information content (AvgIpc) is 2.94. The van der Waals surface area contributed by atoms with Gasteiger partial charge in [-0.2, -0.15) is 0 Å². The van der Waals surface area contributed by atoms with Crippen molar-refractivity contribution in [2.45, 2.75) is 18.5 Å². The van der Waals surface area contributed by atoms with E-state index in [0.717, 1.165) is 11.1 Å². The summed E-state index contributed by atoms with van der Waals surface area (Å²) < 4.78 is 31.7. The lowest BCUT2D eigenvalue weighted by molar-refractivity contribution is 0.187. The molecular weight excluding hydrogens is 272 g/mol. The molecule has 2 aromatic rings. The molecule has 1 aliphatic rings. The van der Waals surface area contributed by atoms with Crippen LogP contribution in [0.4, 0.5) is 8.78 Å². The largest absolute Gasteiger partial charge is 0.379 e. The summed E-state index contributed by atoms with van der Waals surface area (Å²) in [6.45, 7) is 1.81. The van der Waals surface area contributed by atoms with Crippen LogP contribution >= 0.6 is 0 Å². The fourth-order valence-electron chi connectivity index (χ4n) is 2.69. The number of hydrogen-bond acceptors (Lipinski definition) is 2. The molecule has 21 heavy (non-hydrogen) atoms. The second-order valence-corrected chi connectivity index (χ2v) is 5.31. The van der Waals surface area contributed by atoms with Crippen molar-refractivity contribution >= 4 is 0 Å². The summed E-state index contributed by atoms with van der Waals surface area (Å²) in [6.07, 6.45) is 0. The highest BCUT2D eigenvalue weighted by Crippen LogP contribution is 2.26. The van der Waals surface area contributed by atoms with Gasteiger partial charge in [0.25, 0.3) is 0 Å². The van der Waals surface area contributed by atoms with Gasteiger partial charge in [0.05, 0.1) is 13.2 Å². The van der Waals surface area contributed by atoms with Crippen LogP contribution in [0.2, 0.25) is 0 Å². The zero-order valence-corrected chi connectivity index (χ0v) is 11.6. The van der Waals surface area contributed by atoms with Crippen molar-refractivity contribution < 1.29 is 13.5 Å². The van der Waals surface area contributed by atoms with Crippen molar-refractivity contribution in [1.29, 1.82) is 0 Å². The molecule has 1 fully saturated rings. The maximum atomic E-state index is 13.2. The van der Waals surface area contributed by atoms with E-state index in [9.17, 15) is 8.78 Å². The molecule has 1 heterocycles. The third-order valence-electron chi connectivity index (χ3n) is 3.84. The molecule has 0 saturated carbocycles. The highest BCUT2D eigenvalue weighted by molar-refractivity contribution is 5.24. The van der Waals surface area contributed by atoms with Crippen LogP contribution in [0.15, 0.2) is 48.5 Å². The molecule has 1 saturated heterocycles. The fourth-order valence-corrected chi connectivity index (χ4v) is 2.69. The monoisotopic (exact) mass is 289 g/mol. The van der Waals surface area contributed by atoms with Gasteiger partial charge in [-0.25, -0.2) is 8.78 Å². The molecular formula is C17H17F2NO. The second-order valence-electron chi connectivity index (χ2n) is 5.31. The van der Waals surface area contributed by atoms with E-state index < -0.39 is 0 Å². The van der Waals surface area contributed by atoms with E-state index in [1.165, 1.54) is 24.3 Å². The lowest BCUT2D eigenvalue weighted by Gasteiger charge is -2.19. The molecule has 2 atom stereocenters. The first kappa shape index (κ1) is 14.2. The molecule has 0 spiro atoms. The normalized spacial score (nSPS) is 21.6. The summed E-state index contributed by atoms with van der Waals surface area (Å²) in [7, 11) is 0. The smallest absolute Gasteiger partial charge is 0.123 e. The van der Waals surface area contributed by atoms with Gasteiger partial charge >= 0.3 is 0 Å². The van der Waals surface area contributed by atoms with E-state index in [1.807, 2.05) is 6.07 Å². The molecule has 0 aliphatic carbocycles. The molecule has 2 nitrogen and oxygen atoms in total. The number of halogens is 2. The molecule has 0 amide bonds. The van der Waals surface area contributed by atoms with Gasteiger partial charge in [-0.15, -0.1) is 0 Å². The van der Waals surface area contributed by atoms with Crippen molar-refractivity contribution in [1.82, 2.24) is 5.32 Å². The van der Waals surface area contributed by atoms with E-state index in [0.29, 0.717) is 19.8 Å². The average molecular weight is 289 g/mol. The van der Waals surface area contributed by atoms with Gasteiger partial charge in [-0.3, -0.25) is 0 Å². The van der Waals surface area contributed by atoms with Gasteiger partial charge < -0.3 is 10.1 Å². The Morgan fingerprint density at radius 1 is 1.00 bits per heavy atom. The summed E-state index contributed by atoms with van der Waals surface area (Å²) >= 11 is 0. The van der Waals surface area contributed by atoms with Gasteiger partial charge in [-0.1, -0.05) is 24.3 Å². The molecule has 1 aliphatic heterocycles. The summed E-state index contributed by atoms with van der Waals surface area (Å²) in [5.74, 6) is -0.270. The lowest BCUT2D eigenvalue weighted by Crippen LogP contribution is -2.33. The van der Waals surface area contributed by atoms with Gasteiger partial charge in [0.1, 0.15) is 11.6 Å². The Kier molecular flexibility index (Phi) is 4.27. The number of rotatable bonds is 4. The topological polar surface area (TPSA) is 21.3 Å². The maximum absolute atomic E-state index is 13.2. The third-order valence-corrected chi connectivity index (χ3v) is 3.84. The Morgan fingerprint density at radius 3 is 2.57 bits per heavy atom. The Labute approximate surface area is 122 Å². The molecule has 0 aromatic heterocycles. The Bertz CT molecular complexity index is 600. The van der Waals surface area contributed by atoms with Crippen molar-refractivity contribution in [3.8, 4) is 0 Å². The number of benzene rings is 2. The van der Waals surface area contributed by atoms with E-state index in [-0.39, 0.29) is 23.6 Å². The van der Waals surface area contributed by atoms with Gasteiger partial charge in [0, 0.05) is 18.5 Å². The van der Waals surface area contributed by atoms with Crippen molar-refractivity contribution in [2.24, 2.45) is 0 Å². The zero-order valence-electron chi connectivity index (χ0n) is 11.6. The number of nitrogens with one attached hydrogen (secondary N) is 1. The van der Waals surface area contributed by atoms with Crippen LogP contribution in [0.1, 0.15) is 17.0 Å². The van der Waals surface area contributed by atoms with E-state index in [4.69, 9.17) is 4.74 Å². The van der Waals surface area contributed by atoms with Crippen LogP contribution in [0.3, 0.4) is 0 Å². The molecule has 0 unspecified atom stereocenters. The third kappa shape index (κ3) is 3.46. The van der Waals surface area contributed by atoms with E-state index in [2.05, 4.69) is 5.32 Å². The van der Waals surface area contributed by atoms with Crippen LogP contribution < -0.4 is 5.32 Å². The summed E-state index contributed by atoms with van der Waals surface area (Å²) in [5, 5.41) is 3.40. The van der Waals surface area contributed by atoms with E-state index in [1.54, 1.807) is 18.2 Å². The van der Waals surface area contributed by atoms with Crippen molar-refractivity contribution in [3.63, 3.8) is 0 Å². The molecule has 3 rings (SSSR count). The first-order chi connectivity index (χ1) is 10.2. The van der Waals surface area contributed by atoms with Crippen LogP contribution in [0, 0.1) is 11.6 Å². The standard InChI is InChI=1S/C17H17F2NO/c18-14-6-4-13(5-7-14)16-10-21-11-17(16)20-9-12-2-1-3-15(19)8-12/h1-8,16-17,20H,9-11H2/t16-,17+/m0/s1. The highest BCUT2D eigenvalue weighted by atomic mass is 19.1. The van der Waals surface area contributed by atoms with Gasteiger partial charge in [0.2, 0.25) is 0 Å². The molecule has 110 valence electrons. The second kappa shape index (κ2) is 6.33. The molecule has 0 radical (unpaired) electrons. The van der Waals surface area contributed by atoms with Crippen molar-refractivity contribution in [3.05, 3.63) is 71.3 Å². The maximum Gasteiger partial charge on any atom is 0.123 e. The summed E-state index contributed by atoms with van der Waals surface area (Å²) in [6, 6.07) is 13.2. The number of ether oxygens (including phenoxy) is 1. The van der Waals surface area contributed by atoms with Crippen molar-refractivity contribution in [2.75, 3.05) is 13.2 Å². The van der Waals surface area contributed by atoms with Gasteiger partial charge in [0.15, 0.2) is 0 Å². The molecule has 0 bridgehead atoms. The quantitative estimate of drug-likeness (QED) is 0.933. The summed E-state index contributed by atoms with van der Waals surface area (Å²) in [4.78, 5) is 0. The molecule has 1 N–H and O–H groups in total. The SMILES string of the molecule is Fc1ccc([C@@H]2COC[C@H]2NCc2cccc(F)c2)cc1. The number of hydrogen-bond donors (Lipinski definition) is 1. The first-order valence-electron chi connectivity index (χ1n) is 7.03. The van der Waals surface area contributed by atoms with Crippen LogP contribution in [-0.4, -0.2) is 19.3 Å². The van der Waals surface area contributed by atoms with Crippen LogP contribution in [0.25, 0.3) is 0 Å². The minimum Gasteiger partial charge on any atom is -0.379 e. The van der Waals surface area contributed by atoms with Gasteiger partial charge in [-0.05, 0) is 35.4 Å². The lowest BCUT2D eigenvalue weighted by atomic mass is 9.94. The summed E-state index contributed by atoms with van der Waals surface area (Å²) in [5.41, 5.74) is 1.96. The fraction of sp³-hybridized carbons (Fsp3) is 0.294. The minimum atomic E-state index is -0.234. The Balaban J connectivity index is 1.65.